The summed E-state index contributed by atoms with van der Waals surface area (Å²) >= 11 is 3.33. The number of aromatic amines is 1. The van der Waals surface area contributed by atoms with Crippen LogP contribution >= 0.6 is 15.9 Å². The van der Waals surface area contributed by atoms with Gasteiger partial charge >= 0.3 is 0 Å². The fraction of sp³-hybridized carbons (Fsp3) is 0.308. The molecule has 3 nitrogen and oxygen atoms in total. The second-order valence-electron chi connectivity index (χ2n) is 2.76. The van der Waals surface area contributed by atoms with Crippen molar-refractivity contribution >= 4 is 32.7 Å². The van der Waals surface area contributed by atoms with Crippen molar-refractivity contribution < 1.29 is 4.79 Å². The van der Waals surface area contributed by atoms with E-state index in [1.54, 1.807) is 6.20 Å². The van der Waals surface area contributed by atoms with Crippen molar-refractivity contribution in [3.8, 4) is 0 Å². The minimum absolute atomic E-state index is 0.413. The van der Waals surface area contributed by atoms with Gasteiger partial charge in [0.25, 0.3) is 5.91 Å². The Balaban J connectivity index is 0.000000581. The highest BCUT2D eigenvalue weighted by Gasteiger charge is 2.07. The molecule has 0 atom stereocenters. The Morgan fingerprint density at radius 3 is 2.35 bits per heavy atom. The highest BCUT2D eigenvalue weighted by Crippen LogP contribution is 2.22. The topological polar surface area (TPSA) is 58.9 Å². The molecule has 1 aromatic heterocycles. The lowest BCUT2D eigenvalue weighted by Crippen LogP contribution is -2.09. The Morgan fingerprint density at radius 2 is 1.82 bits per heavy atom. The lowest BCUT2D eigenvalue weighted by molar-refractivity contribution is 0.100. The number of nitrogens with one attached hydrogen (secondary N) is 1. The molecule has 0 aliphatic rings. The molecule has 94 valence electrons. The average molecular weight is 299 g/mol. The van der Waals surface area contributed by atoms with Crippen LogP contribution in [0.3, 0.4) is 0 Å². The van der Waals surface area contributed by atoms with Crippen molar-refractivity contribution in [3.05, 3.63) is 34.4 Å². The van der Waals surface area contributed by atoms with Crippen LogP contribution in [0.5, 0.6) is 0 Å². The summed E-state index contributed by atoms with van der Waals surface area (Å²) < 4.78 is 0.933. The number of fused-ring (bicyclic) bond motifs is 1. The van der Waals surface area contributed by atoms with Gasteiger partial charge in [-0.05, 0) is 18.2 Å². The van der Waals surface area contributed by atoms with E-state index < -0.39 is 5.91 Å². The first kappa shape index (κ1) is 15.7. The van der Waals surface area contributed by atoms with E-state index in [1.165, 1.54) is 0 Å². The van der Waals surface area contributed by atoms with Gasteiger partial charge in [-0.25, -0.2) is 0 Å². The van der Waals surface area contributed by atoms with E-state index in [1.807, 2.05) is 45.9 Å². The lowest BCUT2D eigenvalue weighted by Gasteiger charge is -1.93. The number of aromatic nitrogens is 1. The Labute approximate surface area is 111 Å². The van der Waals surface area contributed by atoms with E-state index in [0.717, 1.165) is 15.4 Å². The summed E-state index contributed by atoms with van der Waals surface area (Å²) in [7, 11) is 0. The van der Waals surface area contributed by atoms with Crippen LogP contribution in [-0.4, -0.2) is 10.9 Å². The van der Waals surface area contributed by atoms with E-state index >= 15 is 0 Å². The van der Waals surface area contributed by atoms with E-state index in [4.69, 9.17) is 5.73 Å². The van der Waals surface area contributed by atoms with Gasteiger partial charge in [-0.1, -0.05) is 43.6 Å². The fourth-order valence-corrected chi connectivity index (χ4v) is 1.66. The van der Waals surface area contributed by atoms with Crippen molar-refractivity contribution in [1.29, 1.82) is 0 Å². The molecule has 1 aromatic carbocycles. The van der Waals surface area contributed by atoms with Crippen LogP contribution < -0.4 is 5.73 Å². The zero-order chi connectivity index (χ0) is 13.4. The first-order valence-electron chi connectivity index (χ1n) is 5.75. The fourth-order valence-electron chi connectivity index (χ4n) is 1.30. The maximum atomic E-state index is 11.0. The summed E-state index contributed by atoms with van der Waals surface area (Å²) in [5.41, 5.74) is 6.64. The largest absolute Gasteiger partial charge is 0.366 e. The van der Waals surface area contributed by atoms with Crippen LogP contribution in [0.25, 0.3) is 10.9 Å². The Kier molecular flexibility index (Phi) is 7.30. The molecule has 0 unspecified atom stereocenters. The van der Waals surface area contributed by atoms with Crippen LogP contribution in [0, 0.1) is 0 Å². The molecule has 0 bridgehead atoms. The van der Waals surface area contributed by atoms with E-state index in [0.29, 0.717) is 5.56 Å². The highest BCUT2D eigenvalue weighted by molar-refractivity contribution is 9.10. The molecule has 0 aliphatic heterocycles. The third-order valence-corrected chi connectivity index (χ3v) is 2.40. The van der Waals surface area contributed by atoms with Gasteiger partial charge in [-0.2, -0.15) is 0 Å². The van der Waals surface area contributed by atoms with Crippen LogP contribution in [0.15, 0.2) is 28.9 Å². The maximum absolute atomic E-state index is 11.0. The molecule has 2 rings (SSSR count). The van der Waals surface area contributed by atoms with E-state index in [2.05, 4.69) is 20.9 Å². The van der Waals surface area contributed by atoms with Crippen LogP contribution in [0.4, 0.5) is 0 Å². The number of nitrogens with two attached hydrogens (primary N) is 1. The predicted molar refractivity (Wildman–Crippen MR) is 77.2 cm³/mol. The molecule has 0 saturated heterocycles. The van der Waals surface area contributed by atoms with Crippen molar-refractivity contribution in [1.82, 2.24) is 4.98 Å². The number of hydrogen-bond donors (Lipinski definition) is 2. The number of benzene rings is 1. The molecule has 0 radical (unpaired) electrons. The number of H-pyrrole nitrogens is 1. The zero-order valence-electron chi connectivity index (χ0n) is 10.7. The Bertz CT molecular complexity index is 477. The van der Waals surface area contributed by atoms with Crippen molar-refractivity contribution in [2.75, 3.05) is 0 Å². The molecule has 1 heterocycles. The van der Waals surface area contributed by atoms with E-state index in [9.17, 15) is 4.79 Å². The second kappa shape index (κ2) is 7.90. The van der Waals surface area contributed by atoms with Crippen molar-refractivity contribution in [3.63, 3.8) is 0 Å². The molecular formula is C13H19BrN2O. The summed E-state index contributed by atoms with van der Waals surface area (Å²) in [6.07, 6.45) is 1.62. The molecular weight excluding hydrogens is 280 g/mol. The van der Waals surface area contributed by atoms with Gasteiger partial charge < -0.3 is 10.7 Å². The summed E-state index contributed by atoms with van der Waals surface area (Å²) in [4.78, 5) is 13.9. The molecule has 4 heteroatoms. The SMILES string of the molecule is CC.CC.NC(=O)c1c[nH]c2ccc(Br)cc12. The summed E-state index contributed by atoms with van der Waals surface area (Å²) in [6, 6.07) is 5.67. The normalized spacial score (nSPS) is 8.76. The van der Waals surface area contributed by atoms with E-state index in [-0.39, 0.29) is 0 Å². The van der Waals surface area contributed by atoms with Gasteiger partial charge in [-0.15, -0.1) is 0 Å². The smallest absolute Gasteiger partial charge is 0.250 e. The molecule has 0 saturated carbocycles. The molecule has 0 spiro atoms. The third kappa shape index (κ3) is 3.89. The average Bonchev–Trinajstić information content (AvgIpc) is 2.77. The minimum atomic E-state index is -0.413. The number of hydrogen-bond acceptors (Lipinski definition) is 1. The number of rotatable bonds is 1. The minimum Gasteiger partial charge on any atom is -0.366 e. The van der Waals surface area contributed by atoms with Crippen LogP contribution in [0.1, 0.15) is 38.1 Å². The standard InChI is InChI=1S/C9H7BrN2O.2C2H6/c10-5-1-2-8-6(3-5)7(4-12-8)9(11)13;2*1-2/h1-4,12H,(H2,11,13);2*1-2H3. The van der Waals surface area contributed by atoms with Gasteiger partial charge in [0.05, 0.1) is 5.56 Å². The first-order valence-corrected chi connectivity index (χ1v) is 6.54. The van der Waals surface area contributed by atoms with Gasteiger partial charge in [0.2, 0.25) is 0 Å². The Hall–Kier alpha value is -1.29. The maximum Gasteiger partial charge on any atom is 0.250 e. The van der Waals surface area contributed by atoms with Crippen molar-refractivity contribution in [2.24, 2.45) is 5.73 Å². The van der Waals surface area contributed by atoms with Gasteiger partial charge in [0.15, 0.2) is 0 Å². The van der Waals surface area contributed by atoms with Crippen molar-refractivity contribution in [2.45, 2.75) is 27.7 Å². The Morgan fingerprint density at radius 1 is 1.24 bits per heavy atom. The number of amides is 1. The van der Waals surface area contributed by atoms with Crippen LogP contribution in [0.2, 0.25) is 0 Å². The molecule has 3 N–H and O–H groups in total. The molecule has 2 aromatic rings. The summed E-state index contributed by atoms with van der Waals surface area (Å²) in [6.45, 7) is 8.00. The number of carbonyl (C=O) groups is 1. The lowest BCUT2D eigenvalue weighted by atomic mass is 10.2. The second-order valence-corrected chi connectivity index (χ2v) is 3.67. The molecule has 0 aliphatic carbocycles. The van der Waals surface area contributed by atoms with Gasteiger partial charge in [0.1, 0.15) is 0 Å². The number of halogens is 1. The zero-order valence-corrected chi connectivity index (χ0v) is 12.3. The number of primary amides is 1. The first-order chi connectivity index (χ1) is 8.18. The molecule has 17 heavy (non-hydrogen) atoms. The highest BCUT2D eigenvalue weighted by atomic mass is 79.9. The van der Waals surface area contributed by atoms with Gasteiger partial charge in [0, 0.05) is 21.6 Å². The quantitative estimate of drug-likeness (QED) is 0.819. The molecule has 0 fully saturated rings. The van der Waals surface area contributed by atoms with Crippen LogP contribution in [-0.2, 0) is 0 Å². The summed E-state index contributed by atoms with van der Waals surface area (Å²) in [5.74, 6) is -0.413. The van der Waals surface area contributed by atoms with Gasteiger partial charge in [-0.3, -0.25) is 4.79 Å². The number of carbonyl (C=O) groups excluding carboxylic acids is 1. The predicted octanol–water partition coefficient (Wildman–Crippen LogP) is 4.08. The molecule has 1 amide bonds. The monoisotopic (exact) mass is 298 g/mol. The third-order valence-electron chi connectivity index (χ3n) is 1.91. The summed E-state index contributed by atoms with van der Waals surface area (Å²) in [5, 5.41) is 0.849.